The van der Waals surface area contributed by atoms with Crippen LogP contribution in [0.4, 0.5) is 0 Å². The maximum absolute atomic E-state index is 4.12. The van der Waals surface area contributed by atoms with E-state index in [4.69, 9.17) is 0 Å². The number of hydrogen-bond donors (Lipinski definition) is 1. The van der Waals surface area contributed by atoms with Crippen molar-refractivity contribution >= 4 is 0 Å². The maximum atomic E-state index is 4.12. The molecule has 1 aliphatic rings. The van der Waals surface area contributed by atoms with Crippen molar-refractivity contribution in [3.05, 3.63) is 12.2 Å². The van der Waals surface area contributed by atoms with Crippen LogP contribution in [-0.4, -0.2) is 51.4 Å². The van der Waals surface area contributed by atoms with Crippen LogP contribution < -0.4 is 5.32 Å². The van der Waals surface area contributed by atoms with Crippen molar-refractivity contribution in [1.82, 2.24) is 25.0 Å². The third-order valence-electron chi connectivity index (χ3n) is 4.08. The van der Waals surface area contributed by atoms with E-state index in [1.54, 1.807) is 6.33 Å². The molecule has 0 saturated carbocycles. The molecule has 108 valence electrons. The normalized spacial score (nSPS) is 21.8. The standard InChI is InChI=1S/C14H27N5/c1-12(2)19-9-4-5-13(7-10-19)15-8-6-14-17-16-11-18(14)3/h11-13,15H,4-10H2,1-3H3. The van der Waals surface area contributed by atoms with Crippen LogP contribution in [-0.2, 0) is 13.5 Å². The SMILES string of the molecule is CC(C)N1CCCC(NCCc2nncn2C)CC1. The molecule has 1 aromatic rings. The molecule has 0 radical (unpaired) electrons. The second-order valence-electron chi connectivity index (χ2n) is 5.82. The molecule has 1 fully saturated rings. The lowest BCUT2D eigenvalue weighted by Crippen LogP contribution is -2.34. The average molecular weight is 265 g/mol. The summed E-state index contributed by atoms with van der Waals surface area (Å²) in [6.45, 7) is 8.06. The second-order valence-corrected chi connectivity index (χ2v) is 5.82. The number of rotatable bonds is 5. The van der Waals surface area contributed by atoms with Gasteiger partial charge in [0.1, 0.15) is 12.2 Å². The molecule has 2 heterocycles. The minimum Gasteiger partial charge on any atom is -0.321 e. The van der Waals surface area contributed by atoms with E-state index in [-0.39, 0.29) is 0 Å². The van der Waals surface area contributed by atoms with Gasteiger partial charge in [-0.2, -0.15) is 0 Å². The first-order chi connectivity index (χ1) is 9.16. The molecule has 0 aliphatic carbocycles. The van der Waals surface area contributed by atoms with Crippen LogP contribution in [0.3, 0.4) is 0 Å². The van der Waals surface area contributed by atoms with E-state index in [1.165, 1.54) is 32.4 Å². The number of likely N-dealkylation sites (tertiary alicyclic amines) is 1. The lowest BCUT2D eigenvalue weighted by atomic mass is 10.1. The smallest absolute Gasteiger partial charge is 0.133 e. The minimum atomic E-state index is 0.664. The molecular weight excluding hydrogens is 238 g/mol. The molecule has 19 heavy (non-hydrogen) atoms. The molecule has 2 rings (SSSR count). The average Bonchev–Trinajstić information content (AvgIpc) is 2.65. The Morgan fingerprint density at radius 3 is 2.89 bits per heavy atom. The Bertz CT molecular complexity index is 374. The molecule has 0 amide bonds. The van der Waals surface area contributed by atoms with E-state index >= 15 is 0 Å². The zero-order chi connectivity index (χ0) is 13.7. The number of aryl methyl sites for hydroxylation is 1. The van der Waals surface area contributed by atoms with E-state index < -0.39 is 0 Å². The Hall–Kier alpha value is -0.940. The summed E-state index contributed by atoms with van der Waals surface area (Å²) in [6.07, 6.45) is 6.58. The molecule has 1 unspecified atom stereocenters. The van der Waals surface area contributed by atoms with Crippen molar-refractivity contribution in [2.24, 2.45) is 7.05 Å². The zero-order valence-corrected chi connectivity index (χ0v) is 12.5. The summed E-state index contributed by atoms with van der Waals surface area (Å²) < 4.78 is 2.00. The van der Waals surface area contributed by atoms with E-state index in [1.807, 2.05) is 11.6 Å². The van der Waals surface area contributed by atoms with E-state index in [0.29, 0.717) is 12.1 Å². The maximum Gasteiger partial charge on any atom is 0.133 e. The van der Waals surface area contributed by atoms with Gasteiger partial charge in [-0.3, -0.25) is 0 Å². The largest absolute Gasteiger partial charge is 0.321 e. The fourth-order valence-electron chi connectivity index (χ4n) is 2.76. The van der Waals surface area contributed by atoms with E-state index in [2.05, 4.69) is 34.3 Å². The molecule has 1 aromatic heterocycles. The zero-order valence-electron chi connectivity index (χ0n) is 12.5. The molecule has 5 heteroatoms. The molecular formula is C14H27N5. The third kappa shape index (κ3) is 4.28. The number of nitrogens with one attached hydrogen (secondary N) is 1. The van der Waals surface area contributed by atoms with Crippen molar-refractivity contribution < 1.29 is 0 Å². The van der Waals surface area contributed by atoms with Gasteiger partial charge in [0.15, 0.2) is 0 Å². The Kier molecular flexibility index (Phi) is 5.34. The predicted octanol–water partition coefficient (Wildman–Crippen LogP) is 1.21. The van der Waals surface area contributed by atoms with E-state index in [0.717, 1.165) is 18.8 Å². The van der Waals surface area contributed by atoms with Gasteiger partial charge >= 0.3 is 0 Å². The first-order valence-corrected chi connectivity index (χ1v) is 7.47. The summed E-state index contributed by atoms with van der Waals surface area (Å²) in [7, 11) is 2.00. The summed E-state index contributed by atoms with van der Waals surface area (Å²) in [5.74, 6) is 1.06. The van der Waals surface area contributed by atoms with Gasteiger partial charge in [0.2, 0.25) is 0 Å². The first kappa shape index (κ1) is 14.5. The summed E-state index contributed by atoms with van der Waals surface area (Å²) in [6, 6.07) is 1.34. The van der Waals surface area contributed by atoms with Crippen molar-refractivity contribution in [1.29, 1.82) is 0 Å². The van der Waals surface area contributed by atoms with Gasteiger partial charge in [-0.1, -0.05) is 0 Å². The molecule has 0 bridgehead atoms. The Balaban J connectivity index is 1.70. The topological polar surface area (TPSA) is 46.0 Å². The molecule has 1 aliphatic heterocycles. The first-order valence-electron chi connectivity index (χ1n) is 7.47. The molecule has 0 spiro atoms. The van der Waals surface area contributed by atoms with Gasteiger partial charge in [-0.15, -0.1) is 10.2 Å². The summed E-state index contributed by atoms with van der Waals surface area (Å²) in [5, 5.41) is 11.7. The van der Waals surface area contributed by atoms with Crippen LogP contribution in [0, 0.1) is 0 Å². The minimum absolute atomic E-state index is 0.664. The summed E-state index contributed by atoms with van der Waals surface area (Å²) in [4.78, 5) is 2.59. The van der Waals surface area contributed by atoms with Crippen LogP contribution >= 0.6 is 0 Å². The number of hydrogen-bond acceptors (Lipinski definition) is 4. The molecule has 1 saturated heterocycles. The van der Waals surface area contributed by atoms with Gasteiger partial charge in [-0.25, -0.2) is 0 Å². The lowest BCUT2D eigenvalue weighted by Gasteiger charge is -2.24. The fraction of sp³-hybridized carbons (Fsp3) is 0.857. The number of aromatic nitrogens is 3. The summed E-state index contributed by atoms with van der Waals surface area (Å²) in [5.41, 5.74) is 0. The Labute approximate surface area is 116 Å². The predicted molar refractivity (Wildman–Crippen MR) is 77.1 cm³/mol. The van der Waals surface area contributed by atoms with Crippen LogP contribution in [0.25, 0.3) is 0 Å². The van der Waals surface area contributed by atoms with Crippen molar-refractivity contribution in [2.75, 3.05) is 19.6 Å². The molecule has 0 aromatic carbocycles. The van der Waals surface area contributed by atoms with Crippen LogP contribution in [0.1, 0.15) is 38.9 Å². The van der Waals surface area contributed by atoms with Gasteiger partial charge in [0.25, 0.3) is 0 Å². The lowest BCUT2D eigenvalue weighted by molar-refractivity contribution is 0.229. The highest BCUT2D eigenvalue weighted by molar-refractivity contribution is 4.86. The van der Waals surface area contributed by atoms with Gasteiger partial charge in [-0.05, 0) is 46.2 Å². The van der Waals surface area contributed by atoms with Gasteiger partial charge < -0.3 is 14.8 Å². The molecule has 1 N–H and O–H groups in total. The van der Waals surface area contributed by atoms with Crippen molar-refractivity contribution in [3.63, 3.8) is 0 Å². The Morgan fingerprint density at radius 2 is 2.21 bits per heavy atom. The summed E-state index contributed by atoms with van der Waals surface area (Å²) >= 11 is 0. The quantitative estimate of drug-likeness (QED) is 0.869. The van der Waals surface area contributed by atoms with Crippen LogP contribution in [0.5, 0.6) is 0 Å². The molecule has 5 nitrogen and oxygen atoms in total. The third-order valence-corrected chi connectivity index (χ3v) is 4.08. The monoisotopic (exact) mass is 265 g/mol. The van der Waals surface area contributed by atoms with Crippen molar-refractivity contribution in [3.8, 4) is 0 Å². The fourth-order valence-corrected chi connectivity index (χ4v) is 2.76. The highest BCUT2D eigenvalue weighted by Gasteiger charge is 2.18. The van der Waals surface area contributed by atoms with Gasteiger partial charge in [0.05, 0.1) is 0 Å². The van der Waals surface area contributed by atoms with Crippen LogP contribution in [0.15, 0.2) is 6.33 Å². The molecule has 1 atom stereocenters. The van der Waals surface area contributed by atoms with Crippen LogP contribution in [0.2, 0.25) is 0 Å². The number of nitrogens with zero attached hydrogens (tertiary/aromatic N) is 4. The highest BCUT2D eigenvalue weighted by Crippen LogP contribution is 2.13. The van der Waals surface area contributed by atoms with Gasteiger partial charge in [0, 0.05) is 32.1 Å². The highest BCUT2D eigenvalue weighted by atomic mass is 15.2. The van der Waals surface area contributed by atoms with E-state index in [9.17, 15) is 0 Å². The second kappa shape index (κ2) is 7.01. The Morgan fingerprint density at radius 1 is 1.37 bits per heavy atom. The van der Waals surface area contributed by atoms with Crippen molar-refractivity contribution in [2.45, 2.75) is 51.6 Å².